The average Bonchev–Trinajstić information content (AvgIpc) is 3.39. The molecule has 0 spiro atoms. The number of nitrogens with one attached hydrogen (secondary N) is 2. The zero-order valence-electron chi connectivity index (χ0n) is 14.8. The van der Waals surface area contributed by atoms with Crippen LogP contribution in [0, 0.1) is 0 Å². The van der Waals surface area contributed by atoms with Gasteiger partial charge in [-0.2, -0.15) is 0 Å². The number of hydrogen-bond acceptors (Lipinski definition) is 7. The summed E-state index contributed by atoms with van der Waals surface area (Å²) in [7, 11) is 0. The Balaban J connectivity index is 1.32. The number of urea groups is 1. The van der Waals surface area contributed by atoms with E-state index < -0.39 is 12.1 Å². The van der Waals surface area contributed by atoms with Gasteiger partial charge in [0.05, 0.1) is 5.70 Å². The van der Waals surface area contributed by atoms with Crippen LogP contribution in [0.25, 0.3) is 0 Å². The van der Waals surface area contributed by atoms with Gasteiger partial charge in [-0.05, 0) is 25.0 Å². The Labute approximate surface area is 165 Å². The summed E-state index contributed by atoms with van der Waals surface area (Å²) in [6.45, 7) is 0.778. The first kappa shape index (κ1) is 17.4. The van der Waals surface area contributed by atoms with Crippen LogP contribution >= 0.6 is 11.9 Å². The molecule has 2 fully saturated rings. The molecule has 4 aliphatic rings. The van der Waals surface area contributed by atoms with Crippen LogP contribution in [0.4, 0.5) is 10.5 Å². The number of benzene rings is 1. The Morgan fingerprint density at radius 2 is 2.00 bits per heavy atom. The Kier molecular flexibility index (Phi) is 4.17. The molecule has 0 bridgehead atoms. The van der Waals surface area contributed by atoms with Gasteiger partial charge in [0.1, 0.15) is 25.8 Å². The number of fused-ring (bicyclic) bond motifs is 2. The van der Waals surface area contributed by atoms with Gasteiger partial charge in [0.2, 0.25) is 5.91 Å². The number of hydrogen-bond donors (Lipinski definition) is 2. The van der Waals surface area contributed by atoms with Gasteiger partial charge in [0.25, 0.3) is 5.91 Å². The quantitative estimate of drug-likeness (QED) is 0.732. The van der Waals surface area contributed by atoms with Crippen LogP contribution in [-0.4, -0.2) is 59.5 Å². The van der Waals surface area contributed by atoms with E-state index in [4.69, 9.17) is 9.47 Å². The molecule has 9 nitrogen and oxygen atoms in total. The van der Waals surface area contributed by atoms with Crippen molar-refractivity contribution in [2.75, 3.05) is 25.1 Å². The third kappa shape index (κ3) is 2.98. The zero-order valence-corrected chi connectivity index (χ0v) is 15.7. The first-order valence-corrected chi connectivity index (χ1v) is 9.95. The van der Waals surface area contributed by atoms with Gasteiger partial charge in [-0.3, -0.25) is 19.4 Å². The number of carbonyl (C=O) groups excluding carboxylic acids is 3. The van der Waals surface area contributed by atoms with Crippen molar-refractivity contribution >= 4 is 35.5 Å². The highest BCUT2D eigenvalue weighted by atomic mass is 32.2. The maximum atomic E-state index is 12.9. The van der Waals surface area contributed by atoms with Crippen molar-refractivity contribution in [2.24, 2.45) is 0 Å². The topological polar surface area (TPSA) is 100 Å². The van der Waals surface area contributed by atoms with Crippen LogP contribution in [0.3, 0.4) is 0 Å². The molecule has 4 amide bonds. The van der Waals surface area contributed by atoms with Crippen LogP contribution in [0.1, 0.15) is 12.8 Å². The van der Waals surface area contributed by atoms with Crippen molar-refractivity contribution < 1.29 is 23.9 Å². The Bertz CT molecular complexity index is 900. The maximum absolute atomic E-state index is 12.9. The van der Waals surface area contributed by atoms with E-state index in [2.05, 4.69) is 10.0 Å². The van der Waals surface area contributed by atoms with E-state index in [1.54, 1.807) is 23.6 Å². The molecule has 1 saturated carbocycles. The SMILES string of the molecule is O=C(CN1C(=O)N(C2CC2)C(=O)C2NSC=C21)Nc1ccc2c(c1)OCCO2. The smallest absolute Gasteiger partial charge is 0.331 e. The molecule has 0 radical (unpaired) electrons. The third-order valence-corrected chi connectivity index (χ3v) is 5.67. The highest BCUT2D eigenvalue weighted by Crippen LogP contribution is 2.36. The van der Waals surface area contributed by atoms with Crippen LogP contribution in [-0.2, 0) is 9.59 Å². The van der Waals surface area contributed by atoms with E-state index in [9.17, 15) is 14.4 Å². The van der Waals surface area contributed by atoms with Crippen molar-refractivity contribution in [1.82, 2.24) is 14.5 Å². The average molecular weight is 402 g/mol. The number of anilines is 1. The Morgan fingerprint density at radius 1 is 1.21 bits per heavy atom. The molecular weight excluding hydrogens is 384 g/mol. The first-order chi connectivity index (χ1) is 13.6. The van der Waals surface area contributed by atoms with Gasteiger partial charge in [0, 0.05) is 23.2 Å². The summed E-state index contributed by atoms with van der Waals surface area (Å²) in [5.74, 6) is 0.609. The van der Waals surface area contributed by atoms with Crippen molar-refractivity contribution in [1.29, 1.82) is 0 Å². The monoisotopic (exact) mass is 402 g/mol. The van der Waals surface area contributed by atoms with Crippen LogP contribution in [0.15, 0.2) is 29.3 Å². The fourth-order valence-corrected chi connectivity index (χ4v) is 4.26. The summed E-state index contributed by atoms with van der Waals surface area (Å²) >= 11 is 1.25. The minimum absolute atomic E-state index is 0.0581. The normalized spacial score (nSPS) is 23.4. The second-order valence-electron chi connectivity index (χ2n) is 6.93. The lowest BCUT2D eigenvalue weighted by Gasteiger charge is -2.38. The van der Waals surface area contributed by atoms with Crippen LogP contribution < -0.4 is 19.5 Å². The largest absolute Gasteiger partial charge is 0.486 e. The molecule has 1 aliphatic carbocycles. The molecule has 10 heteroatoms. The highest BCUT2D eigenvalue weighted by molar-refractivity contribution is 8.00. The molecule has 2 N–H and O–H groups in total. The lowest BCUT2D eigenvalue weighted by Crippen LogP contribution is -2.60. The molecule has 146 valence electrons. The molecular formula is C18H18N4O5S. The zero-order chi connectivity index (χ0) is 19.3. The number of imide groups is 1. The highest BCUT2D eigenvalue weighted by Gasteiger charge is 2.50. The van der Waals surface area contributed by atoms with E-state index in [0.29, 0.717) is 36.1 Å². The number of amides is 4. The maximum Gasteiger partial charge on any atom is 0.331 e. The second kappa shape index (κ2) is 6.71. The second-order valence-corrected chi connectivity index (χ2v) is 7.63. The van der Waals surface area contributed by atoms with E-state index >= 15 is 0 Å². The predicted octanol–water partition coefficient (Wildman–Crippen LogP) is 1.28. The fraction of sp³-hybridized carbons (Fsp3) is 0.389. The lowest BCUT2D eigenvalue weighted by molar-refractivity contribution is -0.132. The Hall–Kier alpha value is -2.72. The summed E-state index contributed by atoms with van der Waals surface area (Å²) in [6.07, 6.45) is 1.63. The van der Waals surface area contributed by atoms with Gasteiger partial charge >= 0.3 is 6.03 Å². The van der Waals surface area contributed by atoms with Crippen LogP contribution in [0.2, 0.25) is 0 Å². The standard InChI is InChI=1S/C18H18N4O5S/c23-15(19-10-1-4-13-14(7-10)27-6-5-26-13)8-21-12-9-28-20-16(12)17(24)22(18(21)25)11-2-3-11/h1,4,7,9,11,16,20H,2-3,5-6,8H2,(H,19,23). The molecule has 1 unspecified atom stereocenters. The fourth-order valence-electron chi connectivity index (χ4n) is 3.45. The van der Waals surface area contributed by atoms with E-state index in [-0.39, 0.29) is 24.4 Å². The van der Waals surface area contributed by atoms with Crippen molar-refractivity contribution in [3.05, 3.63) is 29.3 Å². The molecule has 1 aromatic rings. The molecule has 0 aromatic heterocycles. The minimum Gasteiger partial charge on any atom is -0.486 e. The number of carbonyl (C=O) groups is 3. The summed E-state index contributed by atoms with van der Waals surface area (Å²) < 4.78 is 14.0. The summed E-state index contributed by atoms with van der Waals surface area (Å²) in [6, 6.07) is 4.07. The predicted molar refractivity (Wildman–Crippen MR) is 101 cm³/mol. The van der Waals surface area contributed by atoms with Gasteiger partial charge in [-0.25, -0.2) is 9.52 Å². The molecule has 1 aromatic carbocycles. The summed E-state index contributed by atoms with van der Waals surface area (Å²) in [5.41, 5.74) is 1.08. The van der Waals surface area contributed by atoms with Crippen LogP contribution in [0.5, 0.6) is 11.5 Å². The van der Waals surface area contributed by atoms with E-state index in [0.717, 1.165) is 12.8 Å². The lowest BCUT2D eigenvalue weighted by atomic mass is 10.1. The number of rotatable bonds is 4. The molecule has 3 aliphatic heterocycles. The van der Waals surface area contributed by atoms with Gasteiger partial charge in [0.15, 0.2) is 11.5 Å². The number of nitrogens with zero attached hydrogens (tertiary/aromatic N) is 2. The molecule has 1 atom stereocenters. The van der Waals surface area contributed by atoms with Gasteiger partial charge in [-0.15, -0.1) is 0 Å². The molecule has 3 heterocycles. The van der Waals surface area contributed by atoms with Crippen molar-refractivity contribution in [2.45, 2.75) is 24.9 Å². The van der Waals surface area contributed by atoms with E-state index in [1.165, 1.54) is 21.7 Å². The van der Waals surface area contributed by atoms with Gasteiger partial charge < -0.3 is 14.8 Å². The molecule has 1 saturated heterocycles. The van der Waals surface area contributed by atoms with E-state index in [1.807, 2.05) is 0 Å². The molecule has 5 rings (SSSR count). The van der Waals surface area contributed by atoms with Crippen molar-refractivity contribution in [3.8, 4) is 11.5 Å². The summed E-state index contributed by atoms with van der Waals surface area (Å²) in [5, 5.41) is 4.49. The third-order valence-electron chi connectivity index (χ3n) is 4.93. The molecule has 28 heavy (non-hydrogen) atoms. The Morgan fingerprint density at radius 3 is 2.79 bits per heavy atom. The number of ether oxygens (including phenoxy) is 2. The summed E-state index contributed by atoms with van der Waals surface area (Å²) in [4.78, 5) is 40.8. The van der Waals surface area contributed by atoms with Crippen molar-refractivity contribution in [3.63, 3.8) is 0 Å². The minimum atomic E-state index is -0.592. The van der Waals surface area contributed by atoms with Gasteiger partial charge in [-0.1, -0.05) is 11.9 Å². The first-order valence-electron chi connectivity index (χ1n) is 9.07.